The highest BCUT2D eigenvalue weighted by molar-refractivity contribution is 5.06. The normalized spacial score (nSPS) is 10.7. The maximum absolute atomic E-state index is 8.65. The Kier molecular flexibility index (Phi) is 5.33. The van der Waals surface area contributed by atoms with Gasteiger partial charge in [0.15, 0.2) is 0 Å². The number of unbranched alkanes of at least 4 members (excludes halogenated alkanes) is 2. The zero-order valence-corrected chi connectivity index (χ0v) is 8.87. The van der Waals surface area contributed by atoms with Crippen LogP contribution in [0, 0.1) is 0 Å². The van der Waals surface area contributed by atoms with Gasteiger partial charge in [-0.25, -0.2) is 0 Å². The number of aliphatic hydroxyl groups is 1. The standard InChI is InChI=1S/C11H20N2O/c1-12-10-11-6-5-8-13(11)7-3-2-4-9-14/h5-6,8,12,14H,2-4,7,9-10H2,1H3. The van der Waals surface area contributed by atoms with E-state index in [9.17, 15) is 0 Å². The van der Waals surface area contributed by atoms with Crippen molar-refractivity contribution in [2.45, 2.75) is 32.4 Å². The molecule has 0 radical (unpaired) electrons. The number of nitrogens with zero attached hydrogens (tertiary/aromatic N) is 1. The maximum atomic E-state index is 8.65. The van der Waals surface area contributed by atoms with E-state index in [0.717, 1.165) is 32.4 Å². The maximum Gasteiger partial charge on any atom is 0.0431 e. The van der Waals surface area contributed by atoms with Crippen LogP contribution in [-0.2, 0) is 13.1 Å². The molecule has 0 aromatic carbocycles. The monoisotopic (exact) mass is 196 g/mol. The Hall–Kier alpha value is -0.800. The summed E-state index contributed by atoms with van der Waals surface area (Å²) in [4.78, 5) is 0. The Morgan fingerprint density at radius 3 is 2.93 bits per heavy atom. The van der Waals surface area contributed by atoms with Crippen molar-refractivity contribution >= 4 is 0 Å². The van der Waals surface area contributed by atoms with Gasteiger partial charge < -0.3 is 15.0 Å². The van der Waals surface area contributed by atoms with Crippen LogP contribution in [0.25, 0.3) is 0 Å². The van der Waals surface area contributed by atoms with Gasteiger partial charge in [0, 0.05) is 31.6 Å². The number of hydrogen-bond acceptors (Lipinski definition) is 2. The molecule has 0 saturated heterocycles. The molecule has 0 amide bonds. The zero-order chi connectivity index (χ0) is 10.2. The Balaban J connectivity index is 2.30. The van der Waals surface area contributed by atoms with Crippen LogP contribution in [0.4, 0.5) is 0 Å². The second-order valence-corrected chi connectivity index (χ2v) is 3.51. The summed E-state index contributed by atoms with van der Waals surface area (Å²) in [5.41, 5.74) is 1.33. The van der Waals surface area contributed by atoms with Crippen molar-refractivity contribution in [1.29, 1.82) is 0 Å². The topological polar surface area (TPSA) is 37.2 Å². The molecule has 1 heterocycles. The van der Waals surface area contributed by atoms with E-state index in [2.05, 4.69) is 28.2 Å². The van der Waals surface area contributed by atoms with Crippen molar-refractivity contribution in [3.63, 3.8) is 0 Å². The number of nitrogens with one attached hydrogen (secondary N) is 1. The Morgan fingerprint density at radius 2 is 2.21 bits per heavy atom. The zero-order valence-electron chi connectivity index (χ0n) is 8.87. The molecule has 0 saturated carbocycles. The molecule has 14 heavy (non-hydrogen) atoms. The predicted octanol–water partition coefficient (Wildman–Crippen LogP) is 1.37. The van der Waals surface area contributed by atoms with E-state index in [-0.39, 0.29) is 0 Å². The first-order valence-electron chi connectivity index (χ1n) is 5.28. The third-order valence-corrected chi connectivity index (χ3v) is 2.34. The number of rotatable bonds is 7. The molecule has 0 spiro atoms. The molecule has 80 valence electrons. The SMILES string of the molecule is CNCc1cccn1CCCCCO. The summed E-state index contributed by atoms with van der Waals surface area (Å²) < 4.78 is 2.27. The smallest absolute Gasteiger partial charge is 0.0431 e. The Bertz CT molecular complexity index is 245. The molecule has 2 N–H and O–H groups in total. The summed E-state index contributed by atoms with van der Waals surface area (Å²) in [5.74, 6) is 0. The lowest BCUT2D eigenvalue weighted by Gasteiger charge is -2.08. The van der Waals surface area contributed by atoms with Gasteiger partial charge >= 0.3 is 0 Å². The minimum absolute atomic E-state index is 0.315. The highest BCUT2D eigenvalue weighted by Gasteiger charge is 1.98. The van der Waals surface area contributed by atoms with E-state index in [0.29, 0.717) is 6.61 Å². The van der Waals surface area contributed by atoms with Crippen LogP contribution in [0.5, 0.6) is 0 Å². The van der Waals surface area contributed by atoms with E-state index in [1.54, 1.807) is 0 Å². The molecule has 0 fully saturated rings. The highest BCUT2D eigenvalue weighted by Crippen LogP contribution is 2.05. The third kappa shape index (κ3) is 3.52. The fourth-order valence-electron chi connectivity index (χ4n) is 1.58. The summed E-state index contributed by atoms with van der Waals surface area (Å²) in [6.45, 7) is 2.30. The van der Waals surface area contributed by atoms with Crippen molar-refractivity contribution in [3.05, 3.63) is 24.0 Å². The van der Waals surface area contributed by atoms with Gasteiger partial charge in [-0.1, -0.05) is 0 Å². The molecule has 1 aromatic rings. The van der Waals surface area contributed by atoms with E-state index >= 15 is 0 Å². The van der Waals surface area contributed by atoms with Crippen LogP contribution in [0.15, 0.2) is 18.3 Å². The Labute approximate surface area is 85.7 Å². The summed E-state index contributed by atoms with van der Waals surface area (Å²) in [6.07, 6.45) is 5.29. The largest absolute Gasteiger partial charge is 0.396 e. The fraction of sp³-hybridized carbons (Fsp3) is 0.636. The van der Waals surface area contributed by atoms with Crippen LogP contribution in [0.3, 0.4) is 0 Å². The first-order valence-corrected chi connectivity index (χ1v) is 5.28. The van der Waals surface area contributed by atoms with E-state index < -0.39 is 0 Å². The van der Waals surface area contributed by atoms with Gasteiger partial charge in [-0.05, 0) is 38.4 Å². The van der Waals surface area contributed by atoms with Crippen molar-refractivity contribution in [2.24, 2.45) is 0 Å². The first-order chi connectivity index (χ1) is 6.88. The summed E-state index contributed by atoms with van der Waals surface area (Å²) >= 11 is 0. The average Bonchev–Trinajstić information content (AvgIpc) is 2.61. The van der Waals surface area contributed by atoms with Crippen molar-refractivity contribution < 1.29 is 5.11 Å². The molecule has 1 rings (SSSR count). The van der Waals surface area contributed by atoms with Gasteiger partial charge in [-0.15, -0.1) is 0 Å². The van der Waals surface area contributed by atoms with Gasteiger partial charge in [0.05, 0.1) is 0 Å². The lowest BCUT2D eigenvalue weighted by Crippen LogP contribution is -2.10. The first kappa shape index (κ1) is 11.3. The van der Waals surface area contributed by atoms with E-state index in [1.165, 1.54) is 5.69 Å². The molecule has 1 aromatic heterocycles. The van der Waals surface area contributed by atoms with Crippen LogP contribution < -0.4 is 5.32 Å². The van der Waals surface area contributed by atoms with Crippen molar-refractivity contribution in [1.82, 2.24) is 9.88 Å². The minimum Gasteiger partial charge on any atom is -0.396 e. The third-order valence-electron chi connectivity index (χ3n) is 2.34. The molecular weight excluding hydrogens is 176 g/mol. The summed E-state index contributed by atoms with van der Waals surface area (Å²) in [7, 11) is 1.96. The fourth-order valence-corrected chi connectivity index (χ4v) is 1.58. The predicted molar refractivity (Wildman–Crippen MR) is 58.1 cm³/mol. The molecule has 3 nitrogen and oxygen atoms in total. The van der Waals surface area contributed by atoms with E-state index in [4.69, 9.17) is 5.11 Å². The number of aliphatic hydroxyl groups excluding tert-OH is 1. The van der Waals surface area contributed by atoms with Crippen molar-refractivity contribution in [2.75, 3.05) is 13.7 Å². The second-order valence-electron chi connectivity index (χ2n) is 3.51. The second kappa shape index (κ2) is 6.62. The molecule has 0 bridgehead atoms. The van der Waals surface area contributed by atoms with Crippen LogP contribution in [0.2, 0.25) is 0 Å². The van der Waals surface area contributed by atoms with Crippen LogP contribution >= 0.6 is 0 Å². The van der Waals surface area contributed by atoms with Crippen molar-refractivity contribution in [3.8, 4) is 0 Å². The minimum atomic E-state index is 0.315. The molecular formula is C11H20N2O. The molecule has 0 aliphatic heterocycles. The highest BCUT2D eigenvalue weighted by atomic mass is 16.2. The van der Waals surface area contributed by atoms with E-state index in [1.807, 2.05) is 7.05 Å². The summed E-state index contributed by atoms with van der Waals surface area (Å²) in [6, 6.07) is 4.22. The number of aryl methyl sites for hydroxylation is 1. The molecule has 0 aliphatic carbocycles. The number of hydrogen-bond donors (Lipinski definition) is 2. The Morgan fingerprint density at radius 1 is 1.36 bits per heavy atom. The molecule has 0 atom stereocenters. The lowest BCUT2D eigenvalue weighted by atomic mass is 10.2. The van der Waals surface area contributed by atoms with Crippen LogP contribution in [-0.4, -0.2) is 23.3 Å². The molecule has 3 heteroatoms. The van der Waals surface area contributed by atoms with Crippen LogP contribution in [0.1, 0.15) is 25.0 Å². The van der Waals surface area contributed by atoms with Gasteiger partial charge in [-0.2, -0.15) is 0 Å². The average molecular weight is 196 g/mol. The lowest BCUT2D eigenvalue weighted by molar-refractivity contribution is 0.281. The van der Waals surface area contributed by atoms with Gasteiger partial charge in [0.2, 0.25) is 0 Å². The van der Waals surface area contributed by atoms with Gasteiger partial charge in [0.1, 0.15) is 0 Å². The number of aromatic nitrogens is 1. The molecule has 0 unspecified atom stereocenters. The van der Waals surface area contributed by atoms with Gasteiger partial charge in [-0.3, -0.25) is 0 Å². The molecule has 0 aliphatic rings. The van der Waals surface area contributed by atoms with Gasteiger partial charge in [0.25, 0.3) is 0 Å². The summed E-state index contributed by atoms with van der Waals surface area (Å²) in [5, 5.41) is 11.8. The quantitative estimate of drug-likeness (QED) is 0.646.